The number of carbonyl (C=O) groups excluding carboxylic acids is 2. The molecule has 0 bridgehead atoms. The highest BCUT2D eigenvalue weighted by Crippen LogP contribution is 2.33. The average Bonchev–Trinajstić information content (AvgIpc) is 3.18. The Balaban J connectivity index is 1.55. The number of thioether (sulfide) groups is 1. The summed E-state index contributed by atoms with van der Waals surface area (Å²) in [6, 6.07) is 2.40. The highest BCUT2D eigenvalue weighted by atomic mass is 32.2. The molecule has 0 aromatic carbocycles. The second kappa shape index (κ2) is 9.96. The van der Waals surface area contributed by atoms with Crippen LogP contribution in [0.15, 0.2) is 21.8 Å². The molecule has 0 saturated carbocycles. The number of anilines is 2. The van der Waals surface area contributed by atoms with Crippen molar-refractivity contribution in [2.45, 2.75) is 48.8 Å². The minimum absolute atomic E-state index is 0.0572. The fourth-order valence-corrected chi connectivity index (χ4v) is 5.11. The number of nitrogens with two attached hydrogens (primary N) is 1. The number of nitrogens with one attached hydrogen (secondary N) is 3. The number of rotatable bonds is 9. The van der Waals surface area contributed by atoms with Gasteiger partial charge < -0.3 is 26.3 Å². The van der Waals surface area contributed by atoms with E-state index in [0.717, 1.165) is 11.3 Å². The van der Waals surface area contributed by atoms with E-state index in [2.05, 4.69) is 20.6 Å². The summed E-state index contributed by atoms with van der Waals surface area (Å²) in [5, 5.41) is 15.0. The van der Waals surface area contributed by atoms with E-state index in [9.17, 15) is 24.3 Å². The Morgan fingerprint density at radius 1 is 1.39 bits per heavy atom. The Morgan fingerprint density at radius 3 is 2.87 bits per heavy atom. The van der Waals surface area contributed by atoms with Crippen molar-refractivity contribution >= 4 is 52.5 Å². The number of aromatic amines is 1. The van der Waals surface area contributed by atoms with Crippen LogP contribution in [-0.4, -0.2) is 50.6 Å². The Labute approximate surface area is 186 Å². The summed E-state index contributed by atoms with van der Waals surface area (Å²) in [5.74, 6) is -1.19. The zero-order chi connectivity index (χ0) is 22.5. The third kappa shape index (κ3) is 6.07. The van der Waals surface area contributed by atoms with Gasteiger partial charge in [0, 0.05) is 23.1 Å². The van der Waals surface area contributed by atoms with Crippen LogP contribution >= 0.6 is 23.1 Å². The molecule has 1 aliphatic heterocycles. The van der Waals surface area contributed by atoms with Gasteiger partial charge in [0.2, 0.25) is 5.95 Å². The molecule has 1 aliphatic rings. The molecule has 0 radical (unpaired) electrons. The number of hydrogen-bond donors (Lipinski definition) is 5. The first-order valence-corrected chi connectivity index (χ1v) is 11.3. The lowest BCUT2D eigenvalue weighted by atomic mass is 10.1. The molecule has 12 heteroatoms. The van der Waals surface area contributed by atoms with Crippen molar-refractivity contribution in [3.05, 3.63) is 32.2 Å². The Morgan fingerprint density at radius 2 is 2.16 bits per heavy atom. The first kappa shape index (κ1) is 22.8. The lowest BCUT2D eigenvalue weighted by Gasteiger charge is -2.23. The zero-order valence-electron chi connectivity index (χ0n) is 16.8. The molecule has 3 heterocycles. The summed E-state index contributed by atoms with van der Waals surface area (Å²) < 4.78 is 0. The fourth-order valence-electron chi connectivity index (χ4n) is 3.06. The van der Waals surface area contributed by atoms with Gasteiger partial charge in [-0.05, 0) is 38.3 Å². The SMILES string of the molecule is CC(=O)CCC(NC(=O)c1ccc(CCC2CNc3nc(N)[nH]c(=O)c3S2)s1)C(=O)O. The van der Waals surface area contributed by atoms with Crippen LogP contribution in [0, 0.1) is 0 Å². The van der Waals surface area contributed by atoms with Crippen LogP contribution < -0.4 is 21.9 Å². The van der Waals surface area contributed by atoms with Gasteiger partial charge in [0.15, 0.2) is 0 Å². The van der Waals surface area contributed by atoms with Crippen molar-refractivity contribution in [3.8, 4) is 0 Å². The number of H-pyrrole nitrogens is 1. The molecule has 2 unspecified atom stereocenters. The molecule has 1 amide bonds. The lowest BCUT2D eigenvalue weighted by Crippen LogP contribution is -2.40. The molecular formula is C19H23N5O5S2. The van der Waals surface area contributed by atoms with Crippen molar-refractivity contribution in [2.75, 3.05) is 17.6 Å². The van der Waals surface area contributed by atoms with Crippen molar-refractivity contribution < 1.29 is 19.5 Å². The number of ketones is 1. The van der Waals surface area contributed by atoms with Gasteiger partial charge in [0.05, 0.1) is 4.88 Å². The summed E-state index contributed by atoms with van der Waals surface area (Å²) in [4.78, 5) is 55.4. The van der Waals surface area contributed by atoms with E-state index in [1.165, 1.54) is 30.0 Å². The fraction of sp³-hybridized carbons (Fsp3) is 0.421. The minimum Gasteiger partial charge on any atom is -0.480 e. The summed E-state index contributed by atoms with van der Waals surface area (Å²) in [5.41, 5.74) is 5.29. The number of thiophene rings is 1. The molecule has 166 valence electrons. The number of hydrogen-bond acceptors (Lipinski definition) is 9. The monoisotopic (exact) mass is 465 g/mol. The Hall–Kier alpha value is -2.86. The topological polar surface area (TPSA) is 167 Å². The molecule has 2 aromatic heterocycles. The van der Waals surface area contributed by atoms with E-state index >= 15 is 0 Å². The van der Waals surface area contributed by atoms with Crippen molar-refractivity contribution in [1.29, 1.82) is 0 Å². The second-order valence-electron chi connectivity index (χ2n) is 7.16. The van der Waals surface area contributed by atoms with E-state index in [-0.39, 0.29) is 35.4 Å². The van der Waals surface area contributed by atoms with Crippen molar-refractivity contribution in [3.63, 3.8) is 0 Å². The number of aryl methyl sites for hydroxylation is 1. The molecule has 0 spiro atoms. The van der Waals surface area contributed by atoms with Crippen LogP contribution in [0.5, 0.6) is 0 Å². The third-order valence-electron chi connectivity index (χ3n) is 4.66. The van der Waals surface area contributed by atoms with Gasteiger partial charge in [-0.25, -0.2) is 4.79 Å². The number of Topliss-reactive ketones (excluding diaryl/α,β-unsaturated/α-hetero) is 1. The van der Waals surface area contributed by atoms with Crippen LogP contribution in [0.2, 0.25) is 0 Å². The molecule has 2 atom stereocenters. The van der Waals surface area contributed by atoms with Gasteiger partial charge in [-0.15, -0.1) is 23.1 Å². The molecule has 0 aliphatic carbocycles. The smallest absolute Gasteiger partial charge is 0.326 e. The van der Waals surface area contributed by atoms with E-state index in [1.54, 1.807) is 6.07 Å². The highest BCUT2D eigenvalue weighted by molar-refractivity contribution is 8.00. The number of nitrogens with zero attached hydrogens (tertiary/aromatic N) is 1. The maximum Gasteiger partial charge on any atom is 0.326 e. The number of aliphatic carboxylic acids is 1. The summed E-state index contributed by atoms with van der Waals surface area (Å²) in [6.07, 6.45) is 1.63. The largest absolute Gasteiger partial charge is 0.480 e. The highest BCUT2D eigenvalue weighted by Gasteiger charge is 2.24. The van der Waals surface area contributed by atoms with Gasteiger partial charge in [0.1, 0.15) is 22.5 Å². The third-order valence-corrected chi connectivity index (χ3v) is 7.16. The van der Waals surface area contributed by atoms with E-state index in [1.807, 2.05) is 6.07 Å². The zero-order valence-corrected chi connectivity index (χ0v) is 18.4. The average molecular weight is 466 g/mol. The first-order valence-electron chi connectivity index (χ1n) is 9.65. The normalized spacial score (nSPS) is 16.1. The first-order chi connectivity index (χ1) is 14.7. The second-order valence-corrected chi connectivity index (χ2v) is 9.64. The van der Waals surface area contributed by atoms with Crippen LogP contribution in [-0.2, 0) is 16.0 Å². The van der Waals surface area contributed by atoms with Gasteiger partial charge in [0.25, 0.3) is 11.5 Å². The number of nitrogen functional groups attached to an aromatic ring is 1. The number of fused-ring (bicyclic) bond motifs is 1. The van der Waals surface area contributed by atoms with E-state index in [0.29, 0.717) is 28.6 Å². The molecule has 6 N–H and O–H groups in total. The van der Waals surface area contributed by atoms with Gasteiger partial charge in [-0.1, -0.05) is 0 Å². The number of carboxylic acids is 1. The Kier molecular flexibility index (Phi) is 7.33. The number of amides is 1. The maximum atomic E-state index is 12.4. The van der Waals surface area contributed by atoms with Crippen LogP contribution in [0.3, 0.4) is 0 Å². The van der Waals surface area contributed by atoms with E-state index in [4.69, 9.17) is 5.73 Å². The molecule has 31 heavy (non-hydrogen) atoms. The molecule has 3 rings (SSSR count). The quantitative estimate of drug-likeness (QED) is 0.368. The van der Waals surface area contributed by atoms with Gasteiger partial charge >= 0.3 is 5.97 Å². The summed E-state index contributed by atoms with van der Waals surface area (Å²) in [6.45, 7) is 2.02. The molecule has 10 nitrogen and oxygen atoms in total. The van der Waals surface area contributed by atoms with E-state index < -0.39 is 17.9 Å². The molecule has 0 saturated heterocycles. The van der Waals surface area contributed by atoms with Gasteiger partial charge in [-0.3, -0.25) is 14.6 Å². The van der Waals surface area contributed by atoms with Crippen LogP contribution in [0.1, 0.15) is 40.7 Å². The number of carboxylic acid groups (broad SMARTS) is 1. The number of aromatic nitrogens is 2. The van der Waals surface area contributed by atoms with Crippen molar-refractivity contribution in [2.24, 2.45) is 0 Å². The maximum absolute atomic E-state index is 12.4. The minimum atomic E-state index is -1.17. The standard InChI is InChI=1S/C19H23N5O5S2/c1-9(25)2-6-12(18(28)29)22-16(26)13-7-5-10(30-13)3-4-11-8-21-15-14(31-11)17(27)24-19(20)23-15/h5,7,11-12H,2-4,6,8H2,1H3,(H,22,26)(H,28,29)(H4,20,21,23,24,27). The molecule has 0 fully saturated rings. The summed E-state index contributed by atoms with van der Waals surface area (Å²) >= 11 is 2.75. The van der Waals surface area contributed by atoms with Crippen LogP contribution in [0.25, 0.3) is 0 Å². The number of carbonyl (C=O) groups is 3. The summed E-state index contributed by atoms with van der Waals surface area (Å²) in [7, 11) is 0. The lowest BCUT2D eigenvalue weighted by molar-refractivity contribution is -0.139. The predicted molar refractivity (Wildman–Crippen MR) is 119 cm³/mol. The Bertz CT molecular complexity index is 1050. The van der Waals surface area contributed by atoms with Gasteiger partial charge in [-0.2, -0.15) is 4.98 Å². The molecular weight excluding hydrogens is 442 g/mol. The van der Waals surface area contributed by atoms with Crippen molar-refractivity contribution in [1.82, 2.24) is 15.3 Å². The predicted octanol–water partition coefficient (Wildman–Crippen LogP) is 1.48. The molecule has 2 aromatic rings. The van der Waals surface area contributed by atoms with Crippen LogP contribution in [0.4, 0.5) is 11.8 Å².